The Morgan fingerprint density at radius 3 is 2.85 bits per heavy atom. The molecule has 0 unspecified atom stereocenters. The molecule has 1 fully saturated rings. The number of pyridine rings is 1. The molecule has 10 heteroatoms. The average Bonchev–Trinajstić information content (AvgIpc) is 3.37. The number of carbonyl (C=O) groups excluding carboxylic acids is 1. The van der Waals surface area contributed by atoms with E-state index in [1.165, 1.54) is 17.4 Å². The predicted molar refractivity (Wildman–Crippen MR) is 125 cm³/mol. The summed E-state index contributed by atoms with van der Waals surface area (Å²) in [6.45, 7) is 3.94. The van der Waals surface area contributed by atoms with Crippen LogP contribution in [-0.2, 0) is 12.7 Å². The van der Waals surface area contributed by atoms with Crippen LogP contribution < -0.4 is 9.54 Å². The Bertz CT molecular complexity index is 1230. The fraction of sp³-hybridized carbons (Fsp3) is 0.458. The van der Waals surface area contributed by atoms with Crippen molar-refractivity contribution in [3.8, 4) is 5.75 Å². The van der Waals surface area contributed by atoms with Crippen molar-refractivity contribution in [2.75, 3.05) is 20.2 Å². The number of unbranched alkanes of at least 4 members (excludes halogenated alkanes) is 1. The average molecular weight is 493 g/mol. The van der Waals surface area contributed by atoms with E-state index in [0.717, 1.165) is 54.6 Å². The maximum absolute atomic E-state index is 13.4. The van der Waals surface area contributed by atoms with Crippen molar-refractivity contribution in [1.29, 1.82) is 0 Å². The monoisotopic (exact) mass is 492 g/mol. The number of hydrogen-bond acceptors (Lipinski definition) is 5. The Morgan fingerprint density at radius 2 is 2.15 bits per heavy atom. The lowest BCUT2D eigenvalue weighted by molar-refractivity contribution is -0.137. The van der Waals surface area contributed by atoms with E-state index in [4.69, 9.17) is 4.74 Å². The number of fused-ring (bicyclic) bond motifs is 1. The van der Waals surface area contributed by atoms with Gasteiger partial charge in [0, 0.05) is 18.8 Å². The number of likely N-dealkylation sites (tertiary alicyclic amines) is 1. The molecule has 0 spiro atoms. The zero-order chi connectivity index (χ0) is 24.3. The first kappa shape index (κ1) is 24.4. The Morgan fingerprint density at radius 1 is 1.32 bits per heavy atom. The predicted octanol–water partition coefficient (Wildman–Crippen LogP) is 5.13. The Balaban J connectivity index is 1.73. The number of amides is 1. The van der Waals surface area contributed by atoms with E-state index in [2.05, 4.69) is 21.8 Å². The third-order valence-electron chi connectivity index (χ3n) is 6.06. The Hall–Kier alpha value is -2.72. The van der Waals surface area contributed by atoms with Crippen molar-refractivity contribution in [2.45, 2.75) is 51.4 Å². The van der Waals surface area contributed by atoms with Crippen molar-refractivity contribution < 1.29 is 22.7 Å². The first-order chi connectivity index (χ1) is 16.3. The quantitative estimate of drug-likeness (QED) is 0.459. The minimum atomic E-state index is -4.58. The molecule has 1 aliphatic rings. The minimum absolute atomic E-state index is 0.116. The summed E-state index contributed by atoms with van der Waals surface area (Å²) in [6.07, 6.45) is 2.59. The highest BCUT2D eigenvalue weighted by Gasteiger charge is 2.32. The molecule has 1 atom stereocenters. The number of alkyl halides is 3. The lowest BCUT2D eigenvalue weighted by Gasteiger charge is -2.20. The maximum atomic E-state index is 13.4. The molecule has 1 aliphatic heterocycles. The lowest BCUT2D eigenvalue weighted by Crippen LogP contribution is -2.30. The van der Waals surface area contributed by atoms with Crippen molar-refractivity contribution in [3.05, 3.63) is 52.6 Å². The SMILES string of the molecule is CCCCn1/c(=N/C(=O)c2cc(C(F)(F)F)ccc2OC[C@@H]2CCCN2C)sc2ccncc21. The van der Waals surface area contributed by atoms with Gasteiger partial charge < -0.3 is 14.2 Å². The molecule has 0 aliphatic carbocycles. The van der Waals surface area contributed by atoms with E-state index in [-0.39, 0.29) is 17.4 Å². The number of rotatable bonds is 7. The van der Waals surface area contributed by atoms with Crippen LogP contribution in [0.15, 0.2) is 41.7 Å². The number of likely N-dealkylation sites (N-methyl/N-ethyl adjacent to an activating group) is 1. The number of halogens is 3. The second-order valence-electron chi connectivity index (χ2n) is 8.45. The van der Waals surface area contributed by atoms with Crippen molar-refractivity contribution in [2.24, 2.45) is 4.99 Å². The van der Waals surface area contributed by atoms with Gasteiger partial charge >= 0.3 is 6.18 Å². The standard InChI is InChI=1S/C24H27F3N4O2S/c1-3-4-12-31-19-14-28-10-9-21(19)34-23(31)29-22(32)18-13-16(24(25,26)27)7-8-20(18)33-15-17-6-5-11-30(17)2/h7-10,13-14,17H,3-6,11-12,15H2,1-2H3/b29-23-/t17-/m0/s1. The van der Waals surface area contributed by atoms with Crippen LogP contribution in [0.1, 0.15) is 48.5 Å². The summed E-state index contributed by atoms with van der Waals surface area (Å²) in [4.78, 5) is 24.2. The van der Waals surface area contributed by atoms with Gasteiger partial charge in [-0.1, -0.05) is 24.7 Å². The van der Waals surface area contributed by atoms with E-state index in [1.807, 2.05) is 17.7 Å². The van der Waals surface area contributed by atoms with Crippen LogP contribution in [0, 0.1) is 0 Å². The Kier molecular flexibility index (Phi) is 7.37. The van der Waals surface area contributed by atoms with Gasteiger partial charge in [-0.05, 0) is 57.1 Å². The summed E-state index contributed by atoms with van der Waals surface area (Å²) >= 11 is 1.31. The molecule has 182 valence electrons. The van der Waals surface area contributed by atoms with Gasteiger partial charge in [0.1, 0.15) is 12.4 Å². The molecule has 1 saturated heterocycles. The second-order valence-corrected chi connectivity index (χ2v) is 9.46. The molecule has 3 aromatic rings. The molecule has 0 N–H and O–H groups in total. The maximum Gasteiger partial charge on any atom is 0.416 e. The second kappa shape index (κ2) is 10.3. The highest BCUT2D eigenvalue weighted by molar-refractivity contribution is 7.16. The Labute approximate surface area is 199 Å². The van der Waals surface area contributed by atoms with E-state index >= 15 is 0 Å². The summed E-state index contributed by atoms with van der Waals surface area (Å²) in [5.74, 6) is -0.643. The molecule has 0 radical (unpaired) electrons. The van der Waals surface area contributed by atoms with Crippen molar-refractivity contribution >= 4 is 27.5 Å². The number of ether oxygens (including phenoxy) is 1. The summed E-state index contributed by atoms with van der Waals surface area (Å²) in [5, 5.41) is 0. The summed E-state index contributed by atoms with van der Waals surface area (Å²) in [6, 6.07) is 5.00. The lowest BCUT2D eigenvalue weighted by atomic mass is 10.1. The molecule has 1 aromatic carbocycles. The van der Waals surface area contributed by atoms with Crippen LogP contribution >= 0.6 is 11.3 Å². The molecule has 34 heavy (non-hydrogen) atoms. The van der Waals surface area contributed by atoms with Gasteiger partial charge in [-0.2, -0.15) is 18.2 Å². The molecule has 0 saturated carbocycles. The first-order valence-corrected chi connectivity index (χ1v) is 12.2. The van der Waals surface area contributed by atoms with Gasteiger partial charge in [-0.15, -0.1) is 0 Å². The van der Waals surface area contributed by atoms with Crippen LogP contribution in [0.3, 0.4) is 0 Å². The molecule has 4 rings (SSSR count). The van der Waals surface area contributed by atoms with Gasteiger partial charge in [0.05, 0.1) is 27.5 Å². The van der Waals surface area contributed by atoms with Crippen LogP contribution in [-0.4, -0.2) is 46.6 Å². The number of thiazole rings is 1. The molecule has 3 heterocycles. The first-order valence-electron chi connectivity index (χ1n) is 11.3. The zero-order valence-electron chi connectivity index (χ0n) is 19.1. The number of carbonyl (C=O) groups is 1. The third-order valence-corrected chi connectivity index (χ3v) is 7.12. The van der Waals surface area contributed by atoms with Crippen molar-refractivity contribution in [3.63, 3.8) is 0 Å². The van der Waals surface area contributed by atoms with E-state index in [1.54, 1.807) is 12.4 Å². The number of nitrogens with zero attached hydrogens (tertiary/aromatic N) is 4. The topological polar surface area (TPSA) is 59.7 Å². The molecule has 2 aromatic heterocycles. The minimum Gasteiger partial charge on any atom is -0.491 e. The van der Waals surface area contributed by atoms with Gasteiger partial charge in [0.25, 0.3) is 5.91 Å². The number of benzene rings is 1. The van der Waals surface area contributed by atoms with Crippen LogP contribution in [0.5, 0.6) is 5.75 Å². The van der Waals surface area contributed by atoms with E-state index < -0.39 is 17.6 Å². The number of aryl methyl sites for hydroxylation is 1. The van der Waals surface area contributed by atoms with E-state index in [0.29, 0.717) is 18.0 Å². The van der Waals surface area contributed by atoms with Gasteiger partial charge in [-0.25, -0.2) is 0 Å². The fourth-order valence-electron chi connectivity index (χ4n) is 4.06. The zero-order valence-corrected chi connectivity index (χ0v) is 20.0. The smallest absolute Gasteiger partial charge is 0.416 e. The van der Waals surface area contributed by atoms with Crippen LogP contribution in [0.25, 0.3) is 10.2 Å². The largest absolute Gasteiger partial charge is 0.491 e. The van der Waals surface area contributed by atoms with Gasteiger partial charge in [0.2, 0.25) is 0 Å². The van der Waals surface area contributed by atoms with Crippen LogP contribution in [0.2, 0.25) is 0 Å². The number of aromatic nitrogens is 2. The van der Waals surface area contributed by atoms with Crippen molar-refractivity contribution in [1.82, 2.24) is 14.5 Å². The van der Waals surface area contributed by atoms with Gasteiger partial charge in [-0.3, -0.25) is 9.78 Å². The summed E-state index contributed by atoms with van der Waals surface area (Å²) < 4.78 is 48.9. The summed E-state index contributed by atoms with van der Waals surface area (Å²) in [7, 11) is 1.99. The highest BCUT2D eigenvalue weighted by Crippen LogP contribution is 2.33. The molecule has 6 nitrogen and oxygen atoms in total. The third kappa shape index (κ3) is 5.33. The van der Waals surface area contributed by atoms with Gasteiger partial charge in [0.15, 0.2) is 4.80 Å². The number of hydrogen-bond donors (Lipinski definition) is 0. The van der Waals surface area contributed by atoms with Crippen LogP contribution in [0.4, 0.5) is 13.2 Å². The molecular formula is C24H27F3N4O2S. The summed E-state index contributed by atoms with van der Waals surface area (Å²) in [5.41, 5.74) is -0.249. The molecule has 0 bridgehead atoms. The fourth-order valence-corrected chi connectivity index (χ4v) is 5.08. The highest BCUT2D eigenvalue weighted by atomic mass is 32.1. The van der Waals surface area contributed by atoms with E-state index in [9.17, 15) is 18.0 Å². The normalized spacial score (nSPS) is 17.6. The molecule has 1 amide bonds. The molecular weight excluding hydrogens is 465 g/mol.